The van der Waals surface area contributed by atoms with E-state index in [-0.39, 0.29) is 5.56 Å². The molecule has 0 atom stereocenters. The quantitative estimate of drug-likeness (QED) is 0.638. The van der Waals surface area contributed by atoms with Crippen molar-refractivity contribution in [3.8, 4) is 5.75 Å². The summed E-state index contributed by atoms with van der Waals surface area (Å²) in [6.07, 6.45) is 4.85. The molecule has 2 aromatic heterocycles. The van der Waals surface area contributed by atoms with Crippen molar-refractivity contribution < 1.29 is 4.74 Å². The van der Waals surface area contributed by atoms with Crippen molar-refractivity contribution in [3.63, 3.8) is 0 Å². The Bertz CT molecular complexity index is 958. The molecule has 0 bridgehead atoms. The topological polar surface area (TPSA) is 84.3 Å². The summed E-state index contributed by atoms with van der Waals surface area (Å²) in [4.78, 5) is 21.4. The number of benzene rings is 1. The number of aryl methyl sites for hydroxylation is 1. The van der Waals surface area contributed by atoms with Crippen LogP contribution in [0.2, 0.25) is 0 Å². The Morgan fingerprint density at radius 3 is 2.88 bits per heavy atom. The van der Waals surface area contributed by atoms with E-state index < -0.39 is 0 Å². The van der Waals surface area contributed by atoms with Gasteiger partial charge in [0, 0.05) is 12.1 Å². The lowest BCUT2D eigenvalue weighted by Crippen LogP contribution is -2.20. The van der Waals surface area contributed by atoms with Gasteiger partial charge in [0.25, 0.3) is 11.3 Å². The third kappa shape index (κ3) is 3.29. The fraction of sp³-hybridized carbons (Fsp3) is 0.421. The third-order valence-corrected chi connectivity index (χ3v) is 4.66. The smallest absolute Gasteiger partial charge is 0.277 e. The summed E-state index contributed by atoms with van der Waals surface area (Å²) in [6, 6.07) is 8.00. The van der Waals surface area contributed by atoms with Gasteiger partial charge in [-0.2, -0.15) is 9.50 Å². The SMILES string of the molecule is CCCCOc1ccc(CNc2nc3nc4c(c(=O)n3[nH]2)CCC4)cc1. The van der Waals surface area contributed by atoms with Gasteiger partial charge in [0.2, 0.25) is 5.95 Å². The minimum Gasteiger partial charge on any atom is -0.494 e. The number of aromatic nitrogens is 4. The van der Waals surface area contributed by atoms with E-state index in [0.717, 1.165) is 61.3 Å². The van der Waals surface area contributed by atoms with Crippen LogP contribution in [-0.4, -0.2) is 26.2 Å². The van der Waals surface area contributed by atoms with Crippen LogP contribution in [0.25, 0.3) is 5.78 Å². The van der Waals surface area contributed by atoms with Gasteiger partial charge in [-0.25, -0.2) is 4.98 Å². The fourth-order valence-corrected chi connectivity index (χ4v) is 3.19. The Kier molecular flexibility index (Phi) is 4.60. The highest BCUT2D eigenvalue weighted by Gasteiger charge is 2.19. The molecule has 2 N–H and O–H groups in total. The molecule has 0 radical (unpaired) electrons. The number of hydrogen-bond donors (Lipinski definition) is 2. The summed E-state index contributed by atoms with van der Waals surface area (Å²) in [5.41, 5.74) is 2.79. The van der Waals surface area contributed by atoms with Crippen molar-refractivity contribution in [2.45, 2.75) is 45.6 Å². The van der Waals surface area contributed by atoms with Crippen LogP contribution in [0.3, 0.4) is 0 Å². The number of rotatable bonds is 7. The zero-order valence-corrected chi connectivity index (χ0v) is 14.9. The second-order valence-electron chi connectivity index (χ2n) is 6.60. The van der Waals surface area contributed by atoms with E-state index in [9.17, 15) is 4.79 Å². The van der Waals surface area contributed by atoms with Crippen molar-refractivity contribution >= 4 is 11.7 Å². The third-order valence-electron chi connectivity index (χ3n) is 4.66. The molecule has 7 nitrogen and oxygen atoms in total. The van der Waals surface area contributed by atoms with Gasteiger partial charge in [0.05, 0.1) is 12.3 Å². The zero-order chi connectivity index (χ0) is 17.9. The predicted octanol–water partition coefficient (Wildman–Crippen LogP) is 2.70. The largest absolute Gasteiger partial charge is 0.494 e. The number of nitrogens with zero attached hydrogens (tertiary/aromatic N) is 3. The van der Waals surface area contributed by atoms with Crippen molar-refractivity contribution in [2.75, 3.05) is 11.9 Å². The average molecular weight is 353 g/mol. The molecule has 0 saturated carbocycles. The molecule has 0 aliphatic heterocycles. The molecule has 1 aromatic carbocycles. The first-order chi connectivity index (χ1) is 12.7. The number of hydrogen-bond acceptors (Lipinski definition) is 5. The molecule has 0 spiro atoms. The van der Waals surface area contributed by atoms with Crippen molar-refractivity contribution in [1.82, 2.24) is 19.6 Å². The first-order valence-electron chi connectivity index (χ1n) is 9.20. The number of unbranched alkanes of at least 4 members (excludes halogenated alkanes) is 1. The van der Waals surface area contributed by atoms with E-state index >= 15 is 0 Å². The number of anilines is 1. The monoisotopic (exact) mass is 353 g/mol. The number of ether oxygens (including phenoxy) is 1. The van der Waals surface area contributed by atoms with E-state index in [1.807, 2.05) is 24.3 Å². The lowest BCUT2D eigenvalue weighted by atomic mass is 10.2. The molecule has 136 valence electrons. The Hall–Kier alpha value is -2.83. The van der Waals surface area contributed by atoms with Crippen LogP contribution in [0.4, 0.5) is 5.95 Å². The van der Waals surface area contributed by atoms with Gasteiger partial charge in [-0.15, -0.1) is 0 Å². The normalized spacial score (nSPS) is 13.1. The van der Waals surface area contributed by atoms with Crippen LogP contribution in [0.5, 0.6) is 5.75 Å². The highest BCUT2D eigenvalue weighted by atomic mass is 16.5. The molecule has 0 saturated heterocycles. The molecular weight excluding hydrogens is 330 g/mol. The summed E-state index contributed by atoms with van der Waals surface area (Å²) in [5.74, 6) is 1.86. The second-order valence-corrected chi connectivity index (χ2v) is 6.60. The van der Waals surface area contributed by atoms with Crippen LogP contribution in [0, 0.1) is 0 Å². The average Bonchev–Trinajstić information content (AvgIpc) is 3.28. The van der Waals surface area contributed by atoms with Gasteiger partial charge >= 0.3 is 0 Å². The van der Waals surface area contributed by atoms with Crippen LogP contribution in [0.1, 0.15) is 43.0 Å². The first-order valence-corrected chi connectivity index (χ1v) is 9.20. The minimum atomic E-state index is -0.0309. The van der Waals surface area contributed by atoms with Crippen molar-refractivity contribution in [2.24, 2.45) is 0 Å². The molecule has 2 heterocycles. The summed E-state index contributed by atoms with van der Waals surface area (Å²) in [7, 11) is 0. The van der Waals surface area contributed by atoms with E-state index in [1.165, 1.54) is 4.52 Å². The molecule has 26 heavy (non-hydrogen) atoms. The van der Waals surface area contributed by atoms with E-state index in [4.69, 9.17) is 4.74 Å². The molecule has 7 heteroatoms. The lowest BCUT2D eigenvalue weighted by molar-refractivity contribution is 0.309. The number of nitrogens with one attached hydrogen (secondary N) is 2. The number of fused-ring (bicyclic) bond motifs is 2. The van der Waals surface area contributed by atoms with Crippen molar-refractivity contribution in [1.29, 1.82) is 0 Å². The molecule has 1 aliphatic rings. The Balaban J connectivity index is 1.43. The molecular formula is C19H23N5O2. The summed E-state index contributed by atoms with van der Waals surface area (Å²) in [5, 5.41) is 6.22. The Labute approximate surface area is 151 Å². The van der Waals surface area contributed by atoms with E-state index in [0.29, 0.717) is 18.3 Å². The minimum absolute atomic E-state index is 0.0309. The van der Waals surface area contributed by atoms with E-state index in [1.54, 1.807) is 0 Å². The van der Waals surface area contributed by atoms with Crippen LogP contribution in [-0.2, 0) is 19.4 Å². The summed E-state index contributed by atoms with van der Waals surface area (Å²) >= 11 is 0. The molecule has 4 rings (SSSR count). The maximum atomic E-state index is 12.5. The highest BCUT2D eigenvalue weighted by Crippen LogP contribution is 2.17. The molecule has 0 fully saturated rings. The number of aromatic amines is 1. The van der Waals surface area contributed by atoms with Gasteiger partial charge in [-0.3, -0.25) is 9.89 Å². The van der Waals surface area contributed by atoms with Gasteiger partial charge in [0.1, 0.15) is 5.75 Å². The van der Waals surface area contributed by atoms with Crippen LogP contribution >= 0.6 is 0 Å². The maximum absolute atomic E-state index is 12.5. The van der Waals surface area contributed by atoms with E-state index in [2.05, 4.69) is 27.3 Å². The fourth-order valence-electron chi connectivity index (χ4n) is 3.19. The summed E-state index contributed by atoms with van der Waals surface area (Å²) in [6.45, 7) is 3.50. The molecule has 3 aromatic rings. The van der Waals surface area contributed by atoms with Crippen molar-refractivity contribution in [3.05, 3.63) is 51.4 Å². The second kappa shape index (κ2) is 7.19. The van der Waals surface area contributed by atoms with Gasteiger partial charge in [-0.1, -0.05) is 25.5 Å². The zero-order valence-electron chi connectivity index (χ0n) is 14.9. The molecule has 1 aliphatic carbocycles. The van der Waals surface area contributed by atoms with Crippen LogP contribution < -0.4 is 15.6 Å². The maximum Gasteiger partial charge on any atom is 0.277 e. The Morgan fingerprint density at radius 2 is 2.08 bits per heavy atom. The predicted molar refractivity (Wildman–Crippen MR) is 99.8 cm³/mol. The Morgan fingerprint density at radius 1 is 1.23 bits per heavy atom. The standard InChI is InChI=1S/C19H23N5O2/c1-2-3-11-26-14-9-7-13(8-10-14)12-20-18-22-19-21-16-6-4-5-15(16)17(25)24(19)23-18/h7-10H,2-6,11-12H2,1H3,(H2,20,21,22,23). The van der Waals surface area contributed by atoms with Gasteiger partial charge in [-0.05, 0) is 43.4 Å². The number of H-pyrrole nitrogens is 1. The molecule has 0 amide bonds. The lowest BCUT2D eigenvalue weighted by Gasteiger charge is -2.07. The van der Waals surface area contributed by atoms with Gasteiger partial charge in [0.15, 0.2) is 0 Å². The summed E-state index contributed by atoms with van der Waals surface area (Å²) < 4.78 is 7.10. The first kappa shape index (κ1) is 16.6. The molecule has 0 unspecified atom stereocenters. The highest BCUT2D eigenvalue weighted by molar-refractivity contribution is 5.41. The van der Waals surface area contributed by atoms with Crippen LogP contribution in [0.15, 0.2) is 29.1 Å². The van der Waals surface area contributed by atoms with Gasteiger partial charge < -0.3 is 10.1 Å².